The van der Waals surface area contributed by atoms with Crippen LogP contribution in [0.3, 0.4) is 0 Å². The van der Waals surface area contributed by atoms with E-state index in [1.807, 2.05) is 12.1 Å². The van der Waals surface area contributed by atoms with Crippen LogP contribution >= 0.6 is 0 Å². The summed E-state index contributed by atoms with van der Waals surface area (Å²) in [7, 11) is 4.88. The fourth-order valence-corrected chi connectivity index (χ4v) is 7.85. The summed E-state index contributed by atoms with van der Waals surface area (Å²) >= 11 is 0. The van der Waals surface area contributed by atoms with Crippen LogP contribution in [-0.4, -0.2) is 125 Å². The van der Waals surface area contributed by atoms with Crippen LogP contribution in [0.2, 0.25) is 0 Å². The number of aromatic nitrogens is 3. The first kappa shape index (κ1) is 37.3. The average Bonchev–Trinajstić information content (AvgIpc) is 3.65. The van der Waals surface area contributed by atoms with E-state index in [4.69, 9.17) is 9.47 Å². The Hall–Kier alpha value is -5.06. The van der Waals surface area contributed by atoms with E-state index in [-0.39, 0.29) is 30.3 Å². The van der Waals surface area contributed by atoms with Crippen LogP contribution < -0.4 is 25.7 Å². The Kier molecular flexibility index (Phi) is 10.6. The number of nitrogens with one attached hydrogen (secondary N) is 3. The topological polar surface area (TPSA) is 157 Å². The van der Waals surface area contributed by atoms with Crippen molar-refractivity contribution in [3.8, 4) is 22.6 Å². The number of H-pyrrole nitrogens is 1. The van der Waals surface area contributed by atoms with Gasteiger partial charge >= 0.3 is 0 Å². The molecule has 4 N–H and O–H groups in total. The number of fused-ring (bicyclic) bond motifs is 1. The molecule has 3 atom stereocenters. The van der Waals surface area contributed by atoms with Crippen LogP contribution in [0.25, 0.3) is 22.0 Å². The fraction of sp³-hybridized carbons (Fsp3) is 0.474. The SMILES string of the molecule is COc1cc(-c2cn(C)c(=O)c3[nH]ncc23)cc(OC)c1CN1CCN(C(=O)CN2CCC(c3ccc(NC4CCC(O)NC4=O)cc3)C(F)(F)C2)CC1. The smallest absolute Gasteiger partial charge is 0.276 e. The summed E-state index contributed by atoms with van der Waals surface area (Å²) in [5, 5.41) is 22.8. The highest BCUT2D eigenvalue weighted by atomic mass is 19.3. The van der Waals surface area contributed by atoms with Crippen molar-refractivity contribution < 1.29 is 33.0 Å². The van der Waals surface area contributed by atoms with Crippen molar-refractivity contribution in [2.45, 2.75) is 49.9 Å². The number of piperidine rings is 2. The number of amides is 2. The van der Waals surface area contributed by atoms with Crippen LogP contribution in [0, 0.1) is 0 Å². The monoisotopic (exact) mass is 748 g/mol. The first-order chi connectivity index (χ1) is 25.9. The number of likely N-dealkylation sites (tertiary alicyclic amines) is 1. The van der Waals surface area contributed by atoms with E-state index in [0.717, 1.165) is 16.7 Å². The second-order valence-electron chi connectivity index (χ2n) is 14.4. The maximum absolute atomic E-state index is 15.5. The lowest BCUT2D eigenvalue weighted by molar-refractivity contribution is -0.138. The molecule has 3 aliphatic rings. The molecule has 14 nitrogen and oxygen atoms in total. The second-order valence-corrected chi connectivity index (χ2v) is 14.4. The van der Waals surface area contributed by atoms with E-state index in [9.17, 15) is 19.5 Å². The number of ether oxygens (including phenoxy) is 2. The molecule has 0 spiro atoms. The number of anilines is 1. The number of benzene rings is 2. The number of aliphatic hydroxyl groups is 1. The molecular weight excluding hydrogens is 702 g/mol. The van der Waals surface area contributed by atoms with E-state index in [2.05, 4.69) is 25.7 Å². The number of piperazine rings is 1. The van der Waals surface area contributed by atoms with Crippen LogP contribution in [0.5, 0.6) is 11.5 Å². The summed E-state index contributed by atoms with van der Waals surface area (Å²) in [6.07, 6.45) is 3.66. The van der Waals surface area contributed by atoms with Gasteiger partial charge in [-0.25, -0.2) is 8.78 Å². The number of carbonyl (C=O) groups excluding carboxylic acids is 2. The number of hydrogen-bond acceptors (Lipinski definition) is 10. The number of rotatable bonds is 10. The molecule has 3 fully saturated rings. The van der Waals surface area contributed by atoms with Crippen molar-refractivity contribution >= 4 is 28.4 Å². The molecule has 0 radical (unpaired) electrons. The largest absolute Gasteiger partial charge is 0.496 e. The summed E-state index contributed by atoms with van der Waals surface area (Å²) in [6, 6.07) is 10.1. The summed E-state index contributed by atoms with van der Waals surface area (Å²) in [4.78, 5) is 43.6. The Morgan fingerprint density at radius 3 is 2.35 bits per heavy atom. The van der Waals surface area contributed by atoms with Crippen molar-refractivity contribution in [1.29, 1.82) is 0 Å². The first-order valence-electron chi connectivity index (χ1n) is 18.2. The third kappa shape index (κ3) is 7.63. The molecule has 7 rings (SSSR count). The van der Waals surface area contributed by atoms with Gasteiger partial charge in [-0.3, -0.25) is 29.3 Å². The summed E-state index contributed by atoms with van der Waals surface area (Å²) in [5.74, 6) is -3.22. The third-order valence-corrected chi connectivity index (χ3v) is 10.9. The lowest BCUT2D eigenvalue weighted by Crippen LogP contribution is -2.54. The standard InChI is InChI=1S/C38H46F2N8O6/c1-45-19-27(26-18-41-44-35(26)37(45)52)24-16-31(53-2)28(32(17-24)54-3)20-46-12-14-48(15-13-46)34(50)21-47-11-10-29(38(39,40)22-47)23-4-6-25(7-5-23)42-30-8-9-33(49)43-36(30)51/h4-7,16-19,29-30,33,42,49H,8-15,20-22H2,1-3H3,(H,41,44)(H,43,51). The molecule has 2 aromatic carbocycles. The zero-order valence-electron chi connectivity index (χ0n) is 30.6. The Morgan fingerprint density at radius 2 is 1.70 bits per heavy atom. The van der Waals surface area contributed by atoms with Gasteiger partial charge in [0.15, 0.2) is 0 Å². The molecule has 5 heterocycles. The number of carbonyl (C=O) groups is 2. The molecule has 3 aliphatic heterocycles. The highest BCUT2D eigenvalue weighted by Gasteiger charge is 2.45. The lowest BCUT2D eigenvalue weighted by atomic mass is 9.86. The van der Waals surface area contributed by atoms with Gasteiger partial charge in [-0.15, -0.1) is 0 Å². The molecule has 2 aromatic heterocycles. The Bertz CT molecular complexity index is 2040. The first-order valence-corrected chi connectivity index (χ1v) is 18.2. The molecule has 0 bridgehead atoms. The molecule has 2 amide bonds. The number of pyridine rings is 1. The molecule has 3 saturated heterocycles. The average molecular weight is 749 g/mol. The fourth-order valence-electron chi connectivity index (χ4n) is 7.85. The van der Waals surface area contributed by atoms with Gasteiger partial charge in [0.05, 0.1) is 45.0 Å². The molecule has 54 heavy (non-hydrogen) atoms. The van der Waals surface area contributed by atoms with E-state index in [1.54, 1.807) is 67.7 Å². The highest BCUT2D eigenvalue weighted by molar-refractivity contribution is 5.94. The van der Waals surface area contributed by atoms with E-state index in [1.165, 1.54) is 4.57 Å². The van der Waals surface area contributed by atoms with Crippen LogP contribution in [0.15, 0.2) is 53.6 Å². The summed E-state index contributed by atoms with van der Waals surface area (Å²) in [5.41, 5.74) is 3.86. The van der Waals surface area contributed by atoms with Crippen molar-refractivity contribution in [3.63, 3.8) is 0 Å². The molecule has 4 aromatic rings. The normalized spacial score (nSPS) is 22.2. The lowest BCUT2D eigenvalue weighted by Gasteiger charge is -2.40. The van der Waals surface area contributed by atoms with E-state index < -0.39 is 30.7 Å². The van der Waals surface area contributed by atoms with Gasteiger partial charge in [-0.1, -0.05) is 12.1 Å². The summed E-state index contributed by atoms with van der Waals surface area (Å²) in [6.45, 7) is 2.43. The number of aliphatic hydroxyl groups excluding tert-OH is 1. The molecule has 0 saturated carbocycles. The van der Waals surface area contributed by atoms with Gasteiger partial charge in [0, 0.05) is 62.6 Å². The van der Waals surface area contributed by atoms with Gasteiger partial charge in [0.25, 0.3) is 11.5 Å². The maximum atomic E-state index is 15.5. The number of methoxy groups -OCH3 is 2. The zero-order chi connectivity index (χ0) is 38.1. The van der Waals surface area contributed by atoms with Gasteiger partial charge in [0.1, 0.15) is 29.3 Å². The molecule has 16 heteroatoms. The predicted molar refractivity (Wildman–Crippen MR) is 198 cm³/mol. The van der Waals surface area contributed by atoms with Gasteiger partial charge in [0.2, 0.25) is 11.8 Å². The van der Waals surface area contributed by atoms with Crippen LogP contribution in [0.4, 0.5) is 14.5 Å². The van der Waals surface area contributed by atoms with Gasteiger partial charge in [-0.2, -0.15) is 5.10 Å². The third-order valence-electron chi connectivity index (χ3n) is 10.9. The second kappa shape index (κ2) is 15.4. The molecule has 0 aliphatic carbocycles. The zero-order valence-corrected chi connectivity index (χ0v) is 30.6. The van der Waals surface area contributed by atoms with Crippen LogP contribution in [-0.2, 0) is 23.2 Å². The quantitative estimate of drug-likeness (QED) is 0.190. The number of nitrogens with zero attached hydrogens (tertiary/aromatic N) is 5. The van der Waals surface area contributed by atoms with Gasteiger partial charge < -0.3 is 34.7 Å². The number of aromatic amines is 1. The van der Waals surface area contributed by atoms with Crippen molar-refractivity contribution in [2.24, 2.45) is 7.05 Å². The Balaban J connectivity index is 0.929. The Morgan fingerprint density at radius 1 is 1.00 bits per heavy atom. The number of hydrogen-bond donors (Lipinski definition) is 4. The van der Waals surface area contributed by atoms with E-state index >= 15 is 8.78 Å². The molecular formula is C38H46F2N8O6. The molecule has 288 valence electrons. The number of aryl methyl sites for hydroxylation is 1. The van der Waals surface area contributed by atoms with Crippen LogP contribution in [0.1, 0.15) is 36.3 Å². The maximum Gasteiger partial charge on any atom is 0.276 e. The minimum Gasteiger partial charge on any atom is -0.496 e. The molecule has 3 unspecified atom stereocenters. The highest BCUT2D eigenvalue weighted by Crippen LogP contribution is 2.41. The predicted octanol–water partition coefficient (Wildman–Crippen LogP) is 2.72. The minimum absolute atomic E-state index is 0.0680. The van der Waals surface area contributed by atoms with Gasteiger partial charge in [-0.05, 0) is 61.2 Å². The minimum atomic E-state index is -3.03. The van der Waals surface area contributed by atoms with Crippen molar-refractivity contribution in [1.82, 2.24) is 34.8 Å². The van der Waals surface area contributed by atoms with Crippen molar-refractivity contribution in [2.75, 3.05) is 65.3 Å². The summed E-state index contributed by atoms with van der Waals surface area (Å²) < 4.78 is 44.2. The Labute approximate surface area is 311 Å². The van der Waals surface area contributed by atoms with Crippen molar-refractivity contribution in [3.05, 3.63) is 70.3 Å². The van der Waals surface area contributed by atoms with E-state index in [0.29, 0.717) is 85.8 Å². The number of alkyl halides is 2. The number of halogens is 2.